The molecule has 0 aromatic heterocycles. The van der Waals surface area contributed by atoms with Crippen molar-refractivity contribution in [1.82, 2.24) is 0 Å². The standard InChI is InChI=1S/C16H23NO6/c1-9(2)14-21-15(16(3,4)23-22-14)17-10-6-7-11(13(18)19)12(8-10)20-5/h6-9,14-15,17H,1-5H3,(H,18,19). The summed E-state index contributed by atoms with van der Waals surface area (Å²) in [5.41, 5.74) is 0.0452. The fraction of sp³-hybridized carbons (Fsp3) is 0.562. The number of carboxylic acids is 1. The summed E-state index contributed by atoms with van der Waals surface area (Å²) in [6, 6.07) is 4.75. The minimum Gasteiger partial charge on any atom is -0.496 e. The summed E-state index contributed by atoms with van der Waals surface area (Å²) in [5, 5.41) is 12.3. The van der Waals surface area contributed by atoms with E-state index < -0.39 is 24.1 Å². The van der Waals surface area contributed by atoms with Crippen LogP contribution in [0.3, 0.4) is 0 Å². The van der Waals surface area contributed by atoms with Gasteiger partial charge in [0.25, 0.3) is 0 Å². The van der Waals surface area contributed by atoms with Gasteiger partial charge in [-0.25, -0.2) is 14.6 Å². The topological polar surface area (TPSA) is 86.3 Å². The van der Waals surface area contributed by atoms with Crippen molar-refractivity contribution in [3.05, 3.63) is 23.8 Å². The van der Waals surface area contributed by atoms with Crippen LogP contribution in [0.15, 0.2) is 18.2 Å². The number of nitrogens with one attached hydrogen (secondary N) is 1. The number of benzene rings is 1. The Hall–Kier alpha value is -1.83. The molecule has 1 heterocycles. The van der Waals surface area contributed by atoms with E-state index in [4.69, 9.17) is 24.4 Å². The van der Waals surface area contributed by atoms with Crippen LogP contribution >= 0.6 is 0 Å². The molecule has 128 valence electrons. The molecule has 7 nitrogen and oxygen atoms in total. The van der Waals surface area contributed by atoms with Crippen LogP contribution in [-0.2, 0) is 14.5 Å². The molecule has 7 heteroatoms. The average Bonchev–Trinajstić information content (AvgIpc) is 2.48. The Morgan fingerprint density at radius 3 is 2.65 bits per heavy atom. The molecule has 1 aliphatic rings. The summed E-state index contributed by atoms with van der Waals surface area (Å²) in [7, 11) is 1.43. The minimum absolute atomic E-state index is 0.0986. The molecular formula is C16H23NO6. The van der Waals surface area contributed by atoms with E-state index in [1.807, 2.05) is 27.7 Å². The summed E-state index contributed by atoms with van der Waals surface area (Å²) in [6.45, 7) is 7.61. The number of ether oxygens (including phenoxy) is 2. The third kappa shape index (κ3) is 3.93. The van der Waals surface area contributed by atoms with Gasteiger partial charge in [0.05, 0.1) is 7.11 Å². The SMILES string of the molecule is COc1cc(NC2OC(C(C)C)OOC2(C)C)ccc1C(=O)O. The van der Waals surface area contributed by atoms with Crippen LogP contribution < -0.4 is 10.1 Å². The van der Waals surface area contributed by atoms with E-state index in [2.05, 4.69) is 5.32 Å². The van der Waals surface area contributed by atoms with Crippen molar-refractivity contribution < 1.29 is 29.1 Å². The monoisotopic (exact) mass is 325 g/mol. The van der Waals surface area contributed by atoms with E-state index in [0.717, 1.165) is 0 Å². The molecule has 0 aliphatic carbocycles. The number of carbonyl (C=O) groups is 1. The molecule has 2 N–H and O–H groups in total. The zero-order valence-electron chi connectivity index (χ0n) is 14.0. The van der Waals surface area contributed by atoms with Gasteiger partial charge in [0, 0.05) is 17.7 Å². The van der Waals surface area contributed by atoms with Gasteiger partial charge in [-0.15, -0.1) is 0 Å². The van der Waals surface area contributed by atoms with Crippen molar-refractivity contribution >= 4 is 11.7 Å². The van der Waals surface area contributed by atoms with Gasteiger partial charge in [-0.1, -0.05) is 13.8 Å². The molecule has 0 radical (unpaired) electrons. The Bertz CT molecular complexity index is 572. The van der Waals surface area contributed by atoms with Crippen LogP contribution in [-0.4, -0.2) is 36.3 Å². The first kappa shape index (κ1) is 17.5. The van der Waals surface area contributed by atoms with Crippen LogP contribution in [0, 0.1) is 5.92 Å². The van der Waals surface area contributed by atoms with E-state index in [1.54, 1.807) is 12.1 Å². The summed E-state index contributed by atoms with van der Waals surface area (Å²) in [4.78, 5) is 21.8. The number of hydrogen-bond acceptors (Lipinski definition) is 6. The molecule has 23 heavy (non-hydrogen) atoms. The van der Waals surface area contributed by atoms with Crippen molar-refractivity contribution in [2.24, 2.45) is 5.92 Å². The average molecular weight is 325 g/mol. The predicted octanol–water partition coefficient (Wildman–Crippen LogP) is 2.87. The predicted molar refractivity (Wildman–Crippen MR) is 83.3 cm³/mol. The number of aromatic carboxylic acids is 1. The van der Waals surface area contributed by atoms with Gasteiger partial charge in [-0.2, -0.15) is 0 Å². The van der Waals surface area contributed by atoms with Crippen LogP contribution in [0.1, 0.15) is 38.1 Å². The summed E-state index contributed by atoms with van der Waals surface area (Å²) < 4.78 is 11.0. The molecule has 1 saturated heterocycles. The highest BCUT2D eigenvalue weighted by Crippen LogP contribution is 2.31. The highest BCUT2D eigenvalue weighted by Gasteiger charge is 2.41. The van der Waals surface area contributed by atoms with Gasteiger partial charge in [0.2, 0.25) is 0 Å². The van der Waals surface area contributed by atoms with Crippen molar-refractivity contribution in [3.8, 4) is 5.75 Å². The number of methoxy groups -OCH3 is 1. The molecule has 1 aromatic rings. The molecule has 0 saturated carbocycles. The number of anilines is 1. The van der Waals surface area contributed by atoms with Crippen molar-refractivity contribution in [3.63, 3.8) is 0 Å². The number of rotatable bonds is 5. The lowest BCUT2D eigenvalue weighted by molar-refractivity contribution is -0.485. The lowest BCUT2D eigenvalue weighted by Gasteiger charge is -2.42. The number of carboxylic acid groups (broad SMARTS) is 1. The van der Waals surface area contributed by atoms with Gasteiger partial charge in [0.15, 0.2) is 12.5 Å². The zero-order chi connectivity index (χ0) is 17.2. The summed E-state index contributed by atoms with van der Waals surface area (Å²) in [5.74, 6) is -0.646. The summed E-state index contributed by atoms with van der Waals surface area (Å²) in [6.07, 6.45) is -0.954. The van der Waals surface area contributed by atoms with Crippen LogP contribution in [0.4, 0.5) is 5.69 Å². The molecular weight excluding hydrogens is 302 g/mol. The second-order valence-corrected chi connectivity index (χ2v) is 6.28. The number of hydrogen-bond donors (Lipinski definition) is 2. The van der Waals surface area contributed by atoms with Crippen molar-refractivity contribution in [1.29, 1.82) is 0 Å². The van der Waals surface area contributed by atoms with Crippen molar-refractivity contribution in [2.45, 2.75) is 45.8 Å². The van der Waals surface area contributed by atoms with E-state index in [1.165, 1.54) is 13.2 Å². The quantitative estimate of drug-likeness (QED) is 0.805. The van der Waals surface area contributed by atoms with Gasteiger partial charge < -0.3 is 19.9 Å². The van der Waals surface area contributed by atoms with E-state index in [9.17, 15) is 4.79 Å². The second kappa shape index (κ2) is 6.74. The first-order valence-corrected chi connectivity index (χ1v) is 7.42. The smallest absolute Gasteiger partial charge is 0.339 e. The van der Waals surface area contributed by atoms with E-state index in [0.29, 0.717) is 5.69 Å². The maximum atomic E-state index is 11.1. The lowest BCUT2D eigenvalue weighted by atomic mass is 10.1. The maximum Gasteiger partial charge on any atom is 0.339 e. The third-order valence-electron chi connectivity index (χ3n) is 3.53. The molecule has 2 atom stereocenters. The largest absolute Gasteiger partial charge is 0.496 e. The molecule has 0 spiro atoms. The third-order valence-corrected chi connectivity index (χ3v) is 3.53. The fourth-order valence-corrected chi connectivity index (χ4v) is 2.12. The van der Waals surface area contributed by atoms with Gasteiger partial charge in [-0.05, 0) is 26.0 Å². The molecule has 1 aliphatic heterocycles. The van der Waals surface area contributed by atoms with E-state index >= 15 is 0 Å². The zero-order valence-corrected chi connectivity index (χ0v) is 14.0. The van der Waals surface area contributed by atoms with Crippen molar-refractivity contribution in [2.75, 3.05) is 12.4 Å². The minimum atomic E-state index is -1.04. The van der Waals surface area contributed by atoms with Crippen LogP contribution in [0.25, 0.3) is 0 Å². The van der Waals surface area contributed by atoms with E-state index in [-0.39, 0.29) is 17.2 Å². The molecule has 0 amide bonds. The fourth-order valence-electron chi connectivity index (χ4n) is 2.12. The summed E-state index contributed by atoms with van der Waals surface area (Å²) >= 11 is 0. The Morgan fingerprint density at radius 2 is 2.09 bits per heavy atom. The van der Waals surface area contributed by atoms with Crippen LogP contribution in [0.5, 0.6) is 5.75 Å². The Kier molecular flexibility index (Phi) is 5.13. The second-order valence-electron chi connectivity index (χ2n) is 6.28. The molecule has 2 rings (SSSR count). The highest BCUT2D eigenvalue weighted by molar-refractivity contribution is 5.91. The Labute approximate surface area is 135 Å². The lowest BCUT2D eigenvalue weighted by Crippen LogP contribution is -2.54. The highest BCUT2D eigenvalue weighted by atomic mass is 17.2. The van der Waals surface area contributed by atoms with Gasteiger partial charge in [0.1, 0.15) is 16.9 Å². The van der Waals surface area contributed by atoms with Gasteiger partial charge in [-0.3, -0.25) is 0 Å². The normalized spacial score (nSPS) is 23.6. The van der Waals surface area contributed by atoms with Crippen LogP contribution in [0.2, 0.25) is 0 Å². The first-order valence-electron chi connectivity index (χ1n) is 7.42. The molecule has 2 unspecified atom stereocenters. The molecule has 0 bridgehead atoms. The Balaban J connectivity index is 2.20. The van der Waals surface area contributed by atoms with Gasteiger partial charge >= 0.3 is 5.97 Å². The molecule has 1 fully saturated rings. The molecule has 1 aromatic carbocycles. The Morgan fingerprint density at radius 1 is 1.39 bits per heavy atom. The first-order chi connectivity index (χ1) is 10.7. The maximum absolute atomic E-state index is 11.1.